The van der Waals surface area contributed by atoms with Crippen LogP contribution in [0.4, 0.5) is 4.39 Å². The van der Waals surface area contributed by atoms with Crippen molar-refractivity contribution in [3.63, 3.8) is 0 Å². The van der Waals surface area contributed by atoms with E-state index < -0.39 is 0 Å². The summed E-state index contributed by atoms with van der Waals surface area (Å²) in [5, 5.41) is 0. The maximum Gasteiger partial charge on any atom is 0.125 e. The van der Waals surface area contributed by atoms with Gasteiger partial charge in [-0.1, -0.05) is 13.3 Å². The first-order valence-corrected chi connectivity index (χ1v) is 7.91. The van der Waals surface area contributed by atoms with Crippen molar-refractivity contribution < 1.29 is 4.39 Å². The van der Waals surface area contributed by atoms with E-state index >= 15 is 0 Å². The fourth-order valence-electron chi connectivity index (χ4n) is 3.13. The van der Waals surface area contributed by atoms with Crippen molar-refractivity contribution in [2.24, 2.45) is 5.41 Å². The molecule has 0 bridgehead atoms. The highest BCUT2D eigenvalue weighted by Gasteiger charge is 2.42. The lowest BCUT2D eigenvalue weighted by Gasteiger charge is -2.17. The molecule has 1 aromatic heterocycles. The normalized spacial score (nSPS) is 16.8. The predicted octanol–water partition coefficient (Wildman–Crippen LogP) is 4.54. The zero-order valence-corrected chi connectivity index (χ0v) is 12.6. The van der Waals surface area contributed by atoms with Crippen LogP contribution in [-0.4, -0.2) is 15.4 Å². The van der Waals surface area contributed by atoms with Gasteiger partial charge in [0.25, 0.3) is 0 Å². The largest absolute Gasteiger partial charge is 0.327 e. The van der Waals surface area contributed by atoms with Crippen LogP contribution in [0, 0.1) is 11.2 Å². The summed E-state index contributed by atoms with van der Waals surface area (Å²) in [4.78, 5) is 4.57. The molecule has 1 aromatic carbocycles. The molecule has 1 saturated carbocycles. The molecular weight excluding hydrogens is 275 g/mol. The average molecular weight is 295 g/mol. The molecule has 0 aliphatic heterocycles. The van der Waals surface area contributed by atoms with Crippen LogP contribution in [0.2, 0.25) is 0 Å². The van der Waals surface area contributed by atoms with Crippen LogP contribution in [0.15, 0.2) is 18.2 Å². The van der Waals surface area contributed by atoms with E-state index in [1.54, 1.807) is 0 Å². The second-order valence-corrected chi connectivity index (χ2v) is 6.31. The molecule has 4 heteroatoms. The fraction of sp³-hybridized carbons (Fsp3) is 0.562. The van der Waals surface area contributed by atoms with Gasteiger partial charge >= 0.3 is 0 Å². The third-order valence-electron chi connectivity index (χ3n) is 4.34. The van der Waals surface area contributed by atoms with Gasteiger partial charge in [0.2, 0.25) is 0 Å². The van der Waals surface area contributed by atoms with Crippen LogP contribution in [0.3, 0.4) is 0 Å². The molecule has 2 aromatic rings. The summed E-state index contributed by atoms with van der Waals surface area (Å²) in [7, 11) is 0. The molecule has 0 atom stereocenters. The maximum absolute atomic E-state index is 13.4. The number of aromatic nitrogens is 2. The lowest BCUT2D eigenvalue weighted by molar-refractivity contribution is 0.387. The maximum atomic E-state index is 13.4. The summed E-state index contributed by atoms with van der Waals surface area (Å²) in [6.45, 7) is 3.23. The third kappa shape index (κ3) is 2.56. The number of hydrogen-bond donors (Lipinski definition) is 0. The molecule has 1 aliphatic rings. The lowest BCUT2D eigenvalue weighted by atomic mass is 10.0. The van der Waals surface area contributed by atoms with Crippen LogP contribution in [0.25, 0.3) is 11.0 Å². The number of imidazole rings is 1. The summed E-state index contributed by atoms with van der Waals surface area (Å²) in [6.07, 6.45) is 5.80. The summed E-state index contributed by atoms with van der Waals surface area (Å²) in [5.41, 5.74) is 2.23. The fourth-order valence-corrected chi connectivity index (χ4v) is 3.30. The number of halogens is 2. The zero-order valence-electron chi connectivity index (χ0n) is 11.8. The highest BCUT2D eigenvalue weighted by molar-refractivity contribution is 6.17. The second-order valence-electron chi connectivity index (χ2n) is 5.94. The second kappa shape index (κ2) is 5.36. The van der Waals surface area contributed by atoms with Gasteiger partial charge in [0.1, 0.15) is 11.6 Å². The minimum absolute atomic E-state index is 0.228. The van der Waals surface area contributed by atoms with Crippen molar-refractivity contribution in [2.45, 2.75) is 45.6 Å². The Hall–Kier alpha value is -1.09. The standard InChI is InChI=1S/C16H20ClFN2/c1-2-6-16(7-8-16)11-20-14-4-3-12(18)10-13(14)19-15(20)5-9-17/h3-4,10H,2,5-9,11H2,1H3. The molecule has 0 amide bonds. The summed E-state index contributed by atoms with van der Waals surface area (Å²) >= 11 is 5.89. The van der Waals surface area contributed by atoms with Gasteiger partial charge in [-0.2, -0.15) is 0 Å². The van der Waals surface area contributed by atoms with E-state index in [-0.39, 0.29) is 5.82 Å². The number of nitrogens with zero attached hydrogens (tertiary/aromatic N) is 2. The molecule has 0 spiro atoms. The van der Waals surface area contributed by atoms with E-state index in [4.69, 9.17) is 11.6 Å². The molecule has 0 radical (unpaired) electrons. The molecule has 1 aliphatic carbocycles. The van der Waals surface area contributed by atoms with Crippen molar-refractivity contribution in [1.82, 2.24) is 9.55 Å². The summed E-state index contributed by atoms with van der Waals surface area (Å²) < 4.78 is 15.6. The molecule has 1 fully saturated rings. The van der Waals surface area contributed by atoms with E-state index in [9.17, 15) is 4.39 Å². The van der Waals surface area contributed by atoms with Crippen molar-refractivity contribution in [1.29, 1.82) is 0 Å². The lowest BCUT2D eigenvalue weighted by Crippen LogP contribution is -2.14. The van der Waals surface area contributed by atoms with Crippen LogP contribution < -0.4 is 0 Å². The van der Waals surface area contributed by atoms with Crippen molar-refractivity contribution in [3.8, 4) is 0 Å². The molecule has 108 valence electrons. The first kappa shape index (κ1) is 13.9. The van der Waals surface area contributed by atoms with Crippen LogP contribution in [0.1, 0.15) is 38.4 Å². The summed E-state index contributed by atoms with van der Waals surface area (Å²) in [6, 6.07) is 4.88. The molecule has 3 rings (SSSR count). The average Bonchev–Trinajstić information content (AvgIpc) is 3.09. The Bertz CT molecular complexity index is 616. The Labute approximate surface area is 123 Å². The number of aryl methyl sites for hydroxylation is 1. The van der Waals surface area contributed by atoms with Gasteiger partial charge in [0, 0.05) is 24.9 Å². The first-order chi connectivity index (χ1) is 9.67. The van der Waals surface area contributed by atoms with Crippen molar-refractivity contribution in [2.75, 3.05) is 5.88 Å². The van der Waals surface area contributed by atoms with Gasteiger partial charge < -0.3 is 4.57 Å². The molecule has 1 heterocycles. The first-order valence-electron chi connectivity index (χ1n) is 7.38. The number of fused-ring (bicyclic) bond motifs is 1. The van der Waals surface area contributed by atoms with E-state index in [0.717, 1.165) is 29.8 Å². The van der Waals surface area contributed by atoms with E-state index in [0.29, 0.717) is 11.3 Å². The molecular formula is C16H20ClFN2. The number of rotatable bonds is 6. The van der Waals surface area contributed by atoms with E-state index in [2.05, 4.69) is 16.5 Å². The Morgan fingerprint density at radius 1 is 1.40 bits per heavy atom. The monoisotopic (exact) mass is 294 g/mol. The van der Waals surface area contributed by atoms with Crippen molar-refractivity contribution >= 4 is 22.6 Å². The Balaban J connectivity index is 2.00. The van der Waals surface area contributed by atoms with E-state index in [1.165, 1.54) is 37.8 Å². The number of alkyl halides is 1. The Morgan fingerprint density at radius 3 is 2.85 bits per heavy atom. The van der Waals surface area contributed by atoms with Crippen LogP contribution in [0.5, 0.6) is 0 Å². The molecule has 0 unspecified atom stereocenters. The van der Waals surface area contributed by atoms with Gasteiger partial charge in [0.05, 0.1) is 11.0 Å². The van der Waals surface area contributed by atoms with Crippen LogP contribution >= 0.6 is 11.6 Å². The zero-order chi connectivity index (χ0) is 14.2. The van der Waals surface area contributed by atoms with Gasteiger partial charge in [-0.05, 0) is 36.8 Å². The Morgan fingerprint density at radius 2 is 2.20 bits per heavy atom. The third-order valence-corrected chi connectivity index (χ3v) is 4.53. The minimum Gasteiger partial charge on any atom is -0.327 e. The Kier molecular flexibility index (Phi) is 3.72. The van der Waals surface area contributed by atoms with Gasteiger partial charge in [-0.25, -0.2) is 9.37 Å². The molecule has 0 N–H and O–H groups in total. The molecule has 20 heavy (non-hydrogen) atoms. The predicted molar refractivity (Wildman–Crippen MR) is 80.7 cm³/mol. The number of benzene rings is 1. The van der Waals surface area contributed by atoms with Crippen LogP contribution in [-0.2, 0) is 13.0 Å². The van der Waals surface area contributed by atoms with Gasteiger partial charge in [0.15, 0.2) is 0 Å². The topological polar surface area (TPSA) is 17.8 Å². The molecule has 0 saturated heterocycles. The van der Waals surface area contributed by atoms with Crippen molar-refractivity contribution in [3.05, 3.63) is 29.8 Å². The van der Waals surface area contributed by atoms with Gasteiger partial charge in [-0.3, -0.25) is 0 Å². The highest BCUT2D eigenvalue weighted by Crippen LogP contribution is 2.51. The number of hydrogen-bond acceptors (Lipinski definition) is 1. The SMILES string of the molecule is CCCC1(Cn2c(CCCl)nc3cc(F)ccc32)CC1. The van der Waals surface area contributed by atoms with Gasteiger partial charge in [-0.15, -0.1) is 11.6 Å². The smallest absolute Gasteiger partial charge is 0.125 e. The molecule has 2 nitrogen and oxygen atoms in total. The quantitative estimate of drug-likeness (QED) is 0.715. The van der Waals surface area contributed by atoms with E-state index in [1.807, 2.05) is 6.07 Å². The summed E-state index contributed by atoms with van der Waals surface area (Å²) in [5.74, 6) is 1.31. The highest BCUT2D eigenvalue weighted by atomic mass is 35.5. The minimum atomic E-state index is -0.228.